The summed E-state index contributed by atoms with van der Waals surface area (Å²) in [7, 11) is 0. The minimum atomic E-state index is 0.594. The quantitative estimate of drug-likeness (QED) is 0.850. The molecule has 1 N–H and O–H groups in total. The molecule has 1 saturated heterocycles. The predicted octanol–water partition coefficient (Wildman–Crippen LogP) is 1.60. The van der Waals surface area contributed by atoms with Crippen LogP contribution in [0.25, 0.3) is 0 Å². The largest absolute Gasteiger partial charge is 0.379 e. The Morgan fingerprint density at radius 3 is 2.86 bits per heavy atom. The number of hydrogen-bond acceptors (Lipinski definition) is 6. The minimum absolute atomic E-state index is 0.594. The number of nitrogens with one attached hydrogen (secondary N) is 1. The SMILES string of the molecule is C1CC1Nc1nnc(SC2COC2)s1. The van der Waals surface area contributed by atoms with Crippen LogP contribution in [0, 0.1) is 0 Å². The van der Waals surface area contributed by atoms with Crippen molar-refractivity contribution in [1.82, 2.24) is 10.2 Å². The average Bonchev–Trinajstić information content (AvgIpc) is 2.78. The summed E-state index contributed by atoms with van der Waals surface area (Å²) in [6, 6.07) is 0.660. The third-order valence-corrected chi connectivity index (χ3v) is 4.26. The zero-order valence-electron chi connectivity index (χ0n) is 7.60. The Bertz CT molecular complexity index is 322. The van der Waals surface area contributed by atoms with Gasteiger partial charge in [-0.2, -0.15) is 0 Å². The molecule has 0 atom stereocenters. The van der Waals surface area contributed by atoms with Gasteiger partial charge in [0.2, 0.25) is 5.13 Å². The van der Waals surface area contributed by atoms with Crippen LogP contribution in [0.15, 0.2) is 4.34 Å². The minimum Gasteiger partial charge on any atom is -0.379 e. The van der Waals surface area contributed by atoms with Gasteiger partial charge in [0, 0.05) is 6.04 Å². The standard InChI is InChI=1S/C8H11N3OS2/c1-2-5(1)9-7-10-11-8(14-7)13-6-3-12-4-6/h5-6H,1-4H2,(H,9,10). The molecule has 6 heteroatoms. The van der Waals surface area contributed by atoms with Crippen molar-refractivity contribution in [3.05, 3.63) is 0 Å². The van der Waals surface area contributed by atoms with E-state index < -0.39 is 0 Å². The van der Waals surface area contributed by atoms with Gasteiger partial charge in [-0.15, -0.1) is 10.2 Å². The summed E-state index contributed by atoms with van der Waals surface area (Å²) in [5.41, 5.74) is 0. The number of rotatable bonds is 4. The molecule has 0 radical (unpaired) electrons. The van der Waals surface area contributed by atoms with Crippen LogP contribution in [0.2, 0.25) is 0 Å². The van der Waals surface area contributed by atoms with E-state index in [1.54, 1.807) is 23.1 Å². The lowest BCUT2D eigenvalue weighted by Gasteiger charge is -2.23. The summed E-state index contributed by atoms with van der Waals surface area (Å²) in [6.07, 6.45) is 2.55. The van der Waals surface area contributed by atoms with Crippen molar-refractivity contribution in [2.24, 2.45) is 0 Å². The van der Waals surface area contributed by atoms with Gasteiger partial charge in [0.15, 0.2) is 4.34 Å². The molecule has 76 valence electrons. The van der Waals surface area contributed by atoms with Gasteiger partial charge in [0.25, 0.3) is 0 Å². The fourth-order valence-electron chi connectivity index (χ4n) is 1.14. The van der Waals surface area contributed by atoms with E-state index in [1.807, 2.05) is 0 Å². The van der Waals surface area contributed by atoms with Crippen molar-refractivity contribution in [2.75, 3.05) is 18.5 Å². The maximum atomic E-state index is 5.11. The van der Waals surface area contributed by atoms with E-state index >= 15 is 0 Å². The van der Waals surface area contributed by atoms with Gasteiger partial charge < -0.3 is 10.1 Å². The highest BCUT2D eigenvalue weighted by Gasteiger charge is 2.24. The second kappa shape index (κ2) is 3.67. The molecule has 1 aliphatic heterocycles. The summed E-state index contributed by atoms with van der Waals surface area (Å²) in [5.74, 6) is 0. The van der Waals surface area contributed by atoms with Gasteiger partial charge in [-0.25, -0.2) is 0 Å². The van der Waals surface area contributed by atoms with E-state index in [4.69, 9.17) is 4.74 Å². The van der Waals surface area contributed by atoms with Crippen molar-refractivity contribution < 1.29 is 4.74 Å². The second-order valence-electron chi connectivity index (χ2n) is 3.57. The first kappa shape index (κ1) is 8.94. The topological polar surface area (TPSA) is 47.0 Å². The Hall–Kier alpha value is -0.330. The Labute approximate surface area is 90.4 Å². The molecule has 2 fully saturated rings. The highest BCUT2D eigenvalue weighted by Crippen LogP contribution is 2.33. The van der Waals surface area contributed by atoms with Crippen molar-refractivity contribution in [3.8, 4) is 0 Å². The van der Waals surface area contributed by atoms with Gasteiger partial charge >= 0.3 is 0 Å². The van der Waals surface area contributed by atoms with Crippen LogP contribution < -0.4 is 5.32 Å². The Balaban J connectivity index is 1.57. The first-order valence-electron chi connectivity index (χ1n) is 4.74. The molecule has 3 rings (SSSR count). The Morgan fingerprint density at radius 2 is 2.21 bits per heavy atom. The highest BCUT2D eigenvalue weighted by atomic mass is 32.2. The molecule has 14 heavy (non-hydrogen) atoms. The van der Waals surface area contributed by atoms with E-state index in [0.29, 0.717) is 11.3 Å². The van der Waals surface area contributed by atoms with Gasteiger partial charge in [-0.3, -0.25) is 0 Å². The lowest BCUT2D eigenvalue weighted by molar-refractivity contribution is 0.0455. The fraction of sp³-hybridized carbons (Fsp3) is 0.750. The van der Waals surface area contributed by atoms with E-state index in [9.17, 15) is 0 Å². The number of ether oxygens (including phenoxy) is 1. The molecule has 0 aromatic carbocycles. The number of nitrogens with zero attached hydrogens (tertiary/aromatic N) is 2. The molecule has 0 amide bonds. The molecule has 1 aromatic heterocycles. The maximum Gasteiger partial charge on any atom is 0.206 e. The molecule has 2 aliphatic rings. The van der Waals surface area contributed by atoms with Crippen LogP contribution in [-0.2, 0) is 4.74 Å². The number of hydrogen-bond donors (Lipinski definition) is 1. The van der Waals surface area contributed by atoms with E-state index in [1.165, 1.54) is 12.8 Å². The fourth-order valence-corrected chi connectivity index (χ4v) is 3.24. The molecule has 2 heterocycles. The van der Waals surface area contributed by atoms with E-state index in [-0.39, 0.29) is 0 Å². The molecule has 0 bridgehead atoms. The number of aromatic nitrogens is 2. The maximum absolute atomic E-state index is 5.11. The lowest BCUT2D eigenvalue weighted by atomic mass is 10.4. The van der Waals surface area contributed by atoms with Crippen LogP contribution in [0.4, 0.5) is 5.13 Å². The first-order valence-corrected chi connectivity index (χ1v) is 6.44. The molecule has 1 aliphatic carbocycles. The van der Waals surface area contributed by atoms with Crippen LogP contribution in [0.3, 0.4) is 0 Å². The normalized spacial score (nSPS) is 22.0. The second-order valence-corrected chi connectivity index (χ2v) is 6.09. The van der Waals surface area contributed by atoms with Crippen LogP contribution in [0.5, 0.6) is 0 Å². The third-order valence-electron chi connectivity index (χ3n) is 2.19. The molecular weight excluding hydrogens is 218 g/mol. The smallest absolute Gasteiger partial charge is 0.206 e. The summed E-state index contributed by atoms with van der Waals surface area (Å²) in [6.45, 7) is 1.71. The molecular formula is C8H11N3OS2. The van der Waals surface area contributed by atoms with Crippen molar-refractivity contribution in [2.45, 2.75) is 28.5 Å². The van der Waals surface area contributed by atoms with Crippen molar-refractivity contribution in [3.63, 3.8) is 0 Å². The van der Waals surface area contributed by atoms with Crippen molar-refractivity contribution >= 4 is 28.2 Å². The monoisotopic (exact) mass is 229 g/mol. The zero-order chi connectivity index (χ0) is 9.38. The lowest BCUT2D eigenvalue weighted by Crippen LogP contribution is -2.29. The number of anilines is 1. The third kappa shape index (κ3) is 2.02. The van der Waals surface area contributed by atoms with Crippen molar-refractivity contribution in [1.29, 1.82) is 0 Å². The van der Waals surface area contributed by atoms with Crippen LogP contribution in [-0.4, -0.2) is 34.7 Å². The van der Waals surface area contributed by atoms with Gasteiger partial charge in [-0.05, 0) is 12.8 Å². The van der Waals surface area contributed by atoms with Gasteiger partial charge in [-0.1, -0.05) is 23.1 Å². The summed E-state index contributed by atoms with van der Waals surface area (Å²) in [5, 5.41) is 13.1. The van der Waals surface area contributed by atoms with E-state index in [2.05, 4.69) is 15.5 Å². The predicted molar refractivity (Wildman–Crippen MR) is 57.0 cm³/mol. The van der Waals surface area contributed by atoms with Crippen LogP contribution in [0.1, 0.15) is 12.8 Å². The zero-order valence-corrected chi connectivity index (χ0v) is 9.24. The average molecular weight is 229 g/mol. The molecule has 1 saturated carbocycles. The van der Waals surface area contributed by atoms with E-state index in [0.717, 1.165) is 22.7 Å². The molecule has 0 spiro atoms. The first-order chi connectivity index (χ1) is 6.90. The Morgan fingerprint density at radius 1 is 1.36 bits per heavy atom. The molecule has 1 aromatic rings. The summed E-state index contributed by atoms with van der Waals surface area (Å²) in [4.78, 5) is 0. The van der Waals surface area contributed by atoms with Crippen LogP contribution >= 0.6 is 23.1 Å². The highest BCUT2D eigenvalue weighted by molar-refractivity contribution is 8.01. The molecule has 0 unspecified atom stereocenters. The molecule has 4 nitrogen and oxygen atoms in total. The summed E-state index contributed by atoms with van der Waals surface area (Å²) >= 11 is 3.43. The number of thioether (sulfide) groups is 1. The van der Waals surface area contributed by atoms with Gasteiger partial charge in [0.1, 0.15) is 0 Å². The summed E-state index contributed by atoms with van der Waals surface area (Å²) < 4.78 is 6.17. The Kier molecular flexibility index (Phi) is 2.35. The van der Waals surface area contributed by atoms with Gasteiger partial charge in [0.05, 0.1) is 18.5 Å².